The Morgan fingerprint density at radius 2 is 1.17 bits per heavy atom. The van der Waals surface area contributed by atoms with Gasteiger partial charge in [-0.15, -0.1) is 0 Å². The lowest BCUT2D eigenvalue weighted by molar-refractivity contribution is -0.0866. The predicted molar refractivity (Wildman–Crippen MR) is 80.9 cm³/mol. The zero-order chi connectivity index (χ0) is 17.4. The van der Waals surface area contributed by atoms with Crippen LogP contribution in [0.25, 0.3) is 10.8 Å². The third-order valence-electron chi connectivity index (χ3n) is 3.04. The maximum absolute atomic E-state index is 11.8. The molecule has 24 heavy (non-hydrogen) atoms. The van der Waals surface area contributed by atoms with Gasteiger partial charge in [-0.05, 0) is 35.0 Å². The highest BCUT2D eigenvalue weighted by Gasteiger charge is 2.11. The second-order valence-corrected chi connectivity index (χ2v) is 4.54. The molecular weight excluding hydrogens is 320 g/mol. The summed E-state index contributed by atoms with van der Waals surface area (Å²) >= 11 is 0. The van der Waals surface area contributed by atoms with Crippen molar-refractivity contribution in [1.82, 2.24) is 0 Å². The standard InChI is InChI=1S/C16H16O8/c17-7-21-9-23-15(19)13-3-1-11-5-14(4-2-12(11)6-13)16(20)24-10-22-8-18/h1-6,17-18H,7-10H2. The van der Waals surface area contributed by atoms with E-state index in [9.17, 15) is 9.59 Å². The van der Waals surface area contributed by atoms with Gasteiger partial charge in [-0.1, -0.05) is 12.1 Å². The van der Waals surface area contributed by atoms with Crippen LogP contribution in [0.4, 0.5) is 0 Å². The molecule has 0 unspecified atom stereocenters. The van der Waals surface area contributed by atoms with E-state index < -0.39 is 25.5 Å². The zero-order valence-electron chi connectivity index (χ0n) is 12.6. The second kappa shape index (κ2) is 8.94. The van der Waals surface area contributed by atoms with Crippen molar-refractivity contribution >= 4 is 22.7 Å². The van der Waals surface area contributed by atoms with Gasteiger partial charge in [0.25, 0.3) is 0 Å². The van der Waals surface area contributed by atoms with Crippen LogP contribution in [0, 0.1) is 0 Å². The number of aliphatic hydroxyl groups is 2. The molecule has 8 heteroatoms. The normalized spacial score (nSPS) is 10.6. The molecule has 0 aliphatic rings. The van der Waals surface area contributed by atoms with E-state index in [4.69, 9.17) is 19.7 Å². The van der Waals surface area contributed by atoms with Crippen LogP contribution in [0.1, 0.15) is 20.7 Å². The van der Waals surface area contributed by atoms with Gasteiger partial charge in [-0.2, -0.15) is 0 Å². The molecular formula is C16H16O8. The van der Waals surface area contributed by atoms with Crippen LogP contribution in [-0.4, -0.2) is 49.3 Å². The first kappa shape index (κ1) is 17.8. The van der Waals surface area contributed by atoms with Crippen LogP contribution in [0.5, 0.6) is 0 Å². The summed E-state index contributed by atoms with van der Waals surface area (Å²) in [5.74, 6) is -1.18. The SMILES string of the molecule is O=C(OCOCO)c1ccc2cc(C(=O)OCOCO)ccc2c1. The highest BCUT2D eigenvalue weighted by Crippen LogP contribution is 2.19. The Balaban J connectivity index is 2.10. The van der Waals surface area contributed by atoms with E-state index in [1.165, 1.54) is 0 Å². The fraction of sp³-hybridized carbons (Fsp3) is 0.250. The number of hydrogen-bond donors (Lipinski definition) is 2. The van der Waals surface area contributed by atoms with Crippen molar-refractivity contribution in [2.45, 2.75) is 0 Å². The minimum atomic E-state index is -0.588. The molecule has 0 saturated heterocycles. The predicted octanol–water partition coefficient (Wildman–Crippen LogP) is 1.00. The monoisotopic (exact) mass is 336 g/mol. The van der Waals surface area contributed by atoms with Gasteiger partial charge in [-0.25, -0.2) is 9.59 Å². The molecule has 2 aromatic rings. The number of aliphatic hydroxyl groups excluding tert-OH is 2. The summed E-state index contributed by atoms with van der Waals surface area (Å²) in [6, 6.07) is 9.65. The van der Waals surface area contributed by atoms with Crippen LogP contribution in [-0.2, 0) is 18.9 Å². The number of esters is 2. The molecule has 2 rings (SSSR count). The minimum Gasteiger partial charge on any atom is -0.435 e. The van der Waals surface area contributed by atoms with Crippen molar-refractivity contribution in [2.24, 2.45) is 0 Å². The third-order valence-corrected chi connectivity index (χ3v) is 3.04. The number of ether oxygens (including phenoxy) is 4. The summed E-state index contributed by atoms with van der Waals surface area (Å²) in [5, 5.41) is 18.4. The molecule has 0 fully saturated rings. The molecule has 0 aromatic heterocycles. The van der Waals surface area contributed by atoms with Crippen molar-refractivity contribution in [2.75, 3.05) is 27.2 Å². The Morgan fingerprint density at radius 3 is 1.54 bits per heavy atom. The first-order chi connectivity index (χ1) is 11.7. The van der Waals surface area contributed by atoms with Crippen LogP contribution >= 0.6 is 0 Å². The number of carbonyl (C=O) groups is 2. The van der Waals surface area contributed by atoms with E-state index in [0.29, 0.717) is 11.1 Å². The smallest absolute Gasteiger partial charge is 0.340 e. The van der Waals surface area contributed by atoms with Crippen molar-refractivity contribution in [3.05, 3.63) is 47.5 Å². The Bertz CT molecular complexity index is 651. The van der Waals surface area contributed by atoms with Gasteiger partial charge < -0.3 is 29.2 Å². The highest BCUT2D eigenvalue weighted by atomic mass is 16.7. The van der Waals surface area contributed by atoms with Crippen LogP contribution in [0.15, 0.2) is 36.4 Å². The third kappa shape index (κ3) is 4.74. The summed E-state index contributed by atoms with van der Waals surface area (Å²) < 4.78 is 18.7. The van der Waals surface area contributed by atoms with E-state index in [1.807, 2.05) is 0 Å². The first-order valence-corrected chi connectivity index (χ1v) is 6.91. The van der Waals surface area contributed by atoms with E-state index in [2.05, 4.69) is 9.47 Å². The van der Waals surface area contributed by atoms with E-state index >= 15 is 0 Å². The second-order valence-electron chi connectivity index (χ2n) is 4.54. The first-order valence-electron chi connectivity index (χ1n) is 6.91. The van der Waals surface area contributed by atoms with Gasteiger partial charge in [0.05, 0.1) is 11.1 Å². The molecule has 128 valence electrons. The summed E-state index contributed by atoms with van der Waals surface area (Å²) in [7, 11) is 0. The lowest BCUT2D eigenvalue weighted by Gasteiger charge is -2.07. The molecule has 8 nitrogen and oxygen atoms in total. The molecule has 0 aliphatic carbocycles. The highest BCUT2D eigenvalue weighted by molar-refractivity contribution is 5.98. The molecule has 0 spiro atoms. The number of rotatable bonds is 8. The van der Waals surface area contributed by atoms with Gasteiger partial charge >= 0.3 is 11.9 Å². The molecule has 0 radical (unpaired) electrons. The van der Waals surface area contributed by atoms with Gasteiger partial charge in [0.1, 0.15) is 13.6 Å². The number of benzene rings is 2. The number of hydrogen-bond acceptors (Lipinski definition) is 8. The van der Waals surface area contributed by atoms with Crippen molar-refractivity contribution in [1.29, 1.82) is 0 Å². The summed E-state index contributed by atoms with van der Waals surface area (Å²) in [4.78, 5) is 23.6. The Hall–Kier alpha value is -2.52. The average Bonchev–Trinajstić information content (AvgIpc) is 2.61. The van der Waals surface area contributed by atoms with Crippen LogP contribution in [0.3, 0.4) is 0 Å². The lowest BCUT2D eigenvalue weighted by atomic mass is 10.0. The van der Waals surface area contributed by atoms with Gasteiger partial charge in [0, 0.05) is 0 Å². The molecule has 2 aromatic carbocycles. The van der Waals surface area contributed by atoms with Gasteiger partial charge in [0.15, 0.2) is 13.6 Å². The molecule has 0 aliphatic heterocycles. The lowest BCUT2D eigenvalue weighted by Crippen LogP contribution is -2.10. The maximum Gasteiger partial charge on any atom is 0.340 e. The summed E-state index contributed by atoms with van der Waals surface area (Å²) in [5.41, 5.74) is 0.631. The molecule has 0 heterocycles. The van der Waals surface area contributed by atoms with Crippen LogP contribution < -0.4 is 0 Å². The van der Waals surface area contributed by atoms with Gasteiger partial charge in [-0.3, -0.25) is 0 Å². The fourth-order valence-electron chi connectivity index (χ4n) is 1.93. The molecule has 0 saturated carbocycles. The summed E-state index contributed by atoms with van der Waals surface area (Å²) in [6.45, 7) is -1.75. The fourth-order valence-corrected chi connectivity index (χ4v) is 1.93. The van der Waals surface area contributed by atoms with E-state index in [1.54, 1.807) is 36.4 Å². The van der Waals surface area contributed by atoms with Crippen molar-refractivity contribution < 1.29 is 38.7 Å². The number of fused-ring (bicyclic) bond motifs is 1. The Kier molecular flexibility index (Phi) is 6.64. The molecule has 0 bridgehead atoms. The van der Waals surface area contributed by atoms with E-state index in [0.717, 1.165) is 10.8 Å². The number of carbonyl (C=O) groups excluding carboxylic acids is 2. The maximum atomic E-state index is 11.8. The minimum absolute atomic E-state index is 0.315. The molecule has 0 atom stereocenters. The largest absolute Gasteiger partial charge is 0.435 e. The quantitative estimate of drug-likeness (QED) is 0.417. The van der Waals surface area contributed by atoms with Gasteiger partial charge in [0.2, 0.25) is 0 Å². The molecule has 2 N–H and O–H groups in total. The Morgan fingerprint density at radius 1 is 0.750 bits per heavy atom. The van der Waals surface area contributed by atoms with Crippen molar-refractivity contribution in [3.63, 3.8) is 0 Å². The zero-order valence-corrected chi connectivity index (χ0v) is 12.6. The average molecular weight is 336 g/mol. The van der Waals surface area contributed by atoms with Crippen LogP contribution in [0.2, 0.25) is 0 Å². The van der Waals surface area contributed by atoms with Crippen molar-refractivity contribution in [3.8, 4) is 0 Å². The molecule has 0 amide bonds. The van der Waals surface area contributed by atoms with E-state index in [-0.39, 0.29) is 13.6 Å². The Labute approximate surface area is 137 Å². The summed E-state index contributed by atoms with van der Waals surface area (Å²) in [6.07, 6.45) is 0. The topological polar surface area (TPSA) is 112 Å².